The number of halogens is 2. The molecule has 34 heavy (non-hydrogen) atoms. The SMILES string of the molecule is C#CCN(c1nc(-c2cc(C)ccc2OCCl)c(C)s1)[C@@H](CCC)c1ccc(COC)c(F)c1. The molecule has 7 heteroatoms. The summed E-state index contributed by atoms with van der Waals surface area (Å²) in [6.45, 7) is 6.76. The second kappa shape index (κ2) is 12.2. The molecule has 0 radical (unpaired) electrons. The lowest BCUT2D eigenvalue weighted by atomic mass is 9.99. The minimum absolute atomic E-state index is 0.0541. The van der Waals surface area contributed by atoms with Crippen LogP contribution in [0.15, 0.2) is 36.4 Å². The van der Waals surface area contributed by atoms with E-state index in [1.165, 1.54) is 0 Å². The lowest BCUT2D eigenvalue weighted by molar-refractivity contribution is 0.181. The third-order valence-corrected chi connectivity index (χ3v) is 6.71. The lowest BCUT2D eigenvalue weighted by Crippen LogP contribution is -2.29. The van der Waals surface area contributed by atoms with Crippen LogP contribution >= 0.6 is 22.9 Å². The maximum atomic E-state index is 14.8. The van der Waals surface area contributed by atoms with Gasteiger partial charge in [-0.25, -0.2) is 9.37 Å². The minimum Gasteiger partial charge on any atom is -0.477 e. The predicted octanol–water partition coefficient (Wildman–Crippen LogP) is 7.27. The Morgan fingerprint density at radius 2 is 2.03 bits per heavy atom. The first-order valence-electron chi connectivity index (χ1n) is 11.2. The van der Waals surface area contributed by atoms with Gasteiger partial charge >= 0.3 is 0 Å². The number of alkyl halides is 1. The van der Waals surface area contributed by atoms with Gasteiger partial charge in [0.25, 0.3) is 0 Å². The van der Waals surface area contributed by atoms with E-state index >= 15 is 0 Å². The van der Waals surface area contributed by atoms with Crippen molar-refractivity contribution >= 4 is 28.1 Å². The molecule has 0 amide bonds. The van der Waals surface area contributed by atoms with Crippen molar-refractivity contribution in [2.75, 3.05) is 24.6 Å². The normalized spacial score (nSPS) is 11.8. The van der Waals surface area contributed by atoms with Crippen LogP contribution in [-0.4, -0.2) is 24.7 Å². The number of hydrogen-bond donors (Lipinski definition) is 0. The van der Waals surface area contributed by atoms with Crippen LogP contribution in [0.4, 0.5) is 9.52 Å². The maximum Gasteiger partial charge on any atom is 0.187 e. The number of aryl methyl sites for hydroxylation is 2. The Hall–Kier alpha value is -2.59. The summed E-state index contributed by atoms with van der Waals surface area (Å²) < 4.78 is 25.5. The number of anilines is 1. The smallest absolute Gasteiger partial charge is 0.187 e. The first-order chi connectivity index (χ1) is 16.4. The highest BCUT2D eigenvalue weighted by Gasteiger charge is 2.25. The molecule has 1 heterocycles. The zero-order valence-electron chi connectivity index (χ0n) is 20.0. The maximum absolute atomic E-state index is 14.8. The molecule has 0 saturated heterocycles. The molecule has 2 aromatic carbocycles. The second-order valence-electron chi connectivity index (χ2n) is 8.07. The molecular formula is C27H30ClFN2O2S. The van der Waals surface area contributed by atoms with Gasteiger partial charge in [0.15, 0.2) is 11.2 Å². The van der Waals surface area contributed by atoms with Crippen LogP contribution < -0.4 is 9.64 Å². The molecule has 0 saturated carbocycles. The molecule has 180 valence electrons. The molecule has 3 rings (SSSR count). The Bertz CT molecular complexity index is 1160. The van der Waals surface area contributed by atoms with E-state index in [4.69, 9.17) is 32.5 Å². The van der Waals surface area contributed by atoms with E-state index in [0.29, 0.717) is 17.9 Å². The molecular weight excluding hydrogens is 471 g/mol. The van der Waals surface area contributed by atoms with Crippen molar-refractivity contribution in [3.05, 3.63) is 63.8 Å². The summed E-state index contributed by atoms with van der Waals surface area (Å²) in [4.78, 5) is 8.12. The Labute approximate surface area is 210 Å². The Morgan fingerprint density at radius 3 is 2.68 bits per heavy atom. The van der Waals surface area contributed by atoms with Gasteiger partial charge in [-0.05, 0) is 44.0 Å². The standard InChI is InChI=1S/C27H30ClFN2O2S/c1-6-8-24(20-10-11-21(16-32-5)23(29)15-20)31(13-7-2)27-30-26(19(4)34-27)22-14-18(3)9-12-25(22)33-17-28/h2,9-12,14-15,24H,6,8,13,16-17H2,1,3-5H3/t24-/m0/s1. The number of aromatic nitrogens is 1. The van der Waals surface area contributed by atoms with E-state index in [2.05, 4.69) is 17.7 Å². The van der Waals surface area contributed by atoms with Crippen molar-refractivity contribution < 1.29 is 13.9 Å². The van der Waals surface area contributed by atoms with Crippen molar-refractivity contribution in [2.24, 2.45) is 0 Å². The number of methoxy groups -OCH3 is 1. The van der Waals surface area contributed by atoms with Gasteiger partial charge < -0.3 is 14.4 Å². The molecule has 0 spiro atoms. The van der Waals surface area contributed by atoms with Crippen LogP contribution in [0.2, 0.25) is 0 Å². The van der Waals surface area contributed by atoms with Crippen LogP contribution in [0.5, 0.6) is 5.75 Å². The second-order valence-corrected chi connectivity index (χ2v) is 9.47. The molecule has 0 fully saturated rings. The van der Waals surface area contributed by atoms with Crippen molar-refractivity contribution in [3.63, 3.8) is 0 Å². The van der Waals surface area contributed by atoms with Crippen molar-refractivity contribution in [3.8, 4) is 29.4 Å². The van der Waals surface area contributed by atoms with Gasteiger partial charge in [0, 0.05) is 23.1 Å². The van der Waals surface area contributed by atoms with Gasteiger partial charge in [-0.2, -0.15) is 0 Å². The van der Waals surface area contributed by atoms with Gasteiger partial charge in [0.2, 0.25) is 0 Å². The summed E-state index contributed by atoms with van der Waals surface area (Å²) in [6, 6.07) is 11.2. The van der Waals surface area contributed by atoms with Gasteiger partial charge in [0.1, 0.15) is 11.6 Å². The zero-order chi connectivity index (χ0) is 24.7. The van der Waals surface area contributed by atoms with Crippen molar-refractivity contribution in [1.29, 1.82) is 0 Å². The zero-order valence-corrected chi connectivity index (χ0v) is 21.6. The molecule has 1 aromatic heterocycles. The van der Waals surface area contributed by atoms with E-state index in [-0.39, 0.29) is 24.5 Å². The molecule has 3 aromatic rings. The molecule has 0 aliphatic heterocycles. The molecule has 0 N–H and O–H groups in total. The van der Waals surface area contributed by atoms with E-state index in [1.54, 1.807) is 30.6 Å². The Balaban J connectivity index is 2.06. The fourth-order valence-corrected chi connectivity index (χ4v) is 5.09. The number of benzene rings is 2. The summed E-state index contributed by atoms with van der Waals surface area (Å²) in [5.74, 6) is 3.17. The summed E-state index contributed by atoms with van der Waals surface area (Å²) in [7, 11) is 1.56. The largest absolute Gasteiger partial charge is 0.477 e. The molecule has 1 atom stereocenters. The van der Waals surface area contributed by atoms with E-state index in [0.717, 1.165) is 45.2 Å². The van der Waals surface area contributed by atoms with Crippen LogP contribution in [0, 0.1) is 32.0 Å². The Morgan fingerprint density at radius 1 is 1.24 bits per heavy atom. The van der Waals surface area contributed by atoms with Gasteiger partial charge in [0.05, 0.1) is 24.9 Å². The molecule has 0 unspecified atom stereocenters. The van der Waals surface area contributed by atoms with Crippen molar-refractivity contribution in [1.82, 2.24) is 4.98 Å². The van der Waals surface area contributed by atoms with Gasteiger partial charge in [-0.1, -0.05) is 54.6 Å². The fraction of sp³-hybridized carbons (Fsp3) is 0.370. The number of terminal acetylenes is 1. The third-order valence-electron chi connectivity index (χ3n) is 5.59. The number of nitrogens with zero attached hydrogens (tertiary/aromatic N) is 2. The van der Waals surface area contributed by atoms with Crippen LogP contribution in [-0.2, 0) is 11.3 Å². The average Bonchev–Trinajstić information content (AvgIpc) is 3.20. The quantitative estimate of drug-likeness (QED) is 0.205. The minimum atomic E-state index is -0.278. The Kier molecular flexibility index (Phi) is 9.35. The summed E-state index contributed by atoms with van der Waals surface area (Å²) >= 11 is 7.42. The fourth-order valence-electron chi connectivity index (χ4n) is 4.00. The summed E-state index contributed by atoms with van der Waals surface area (Å²) in [5, 5.41) is 0.795. The number of hydrogen-bond acceptors (Lipinski definition) is 5. The highest BCUT2D eigenvalue weighted by Crippen LogP contribution is 2.40. The van der Waals surface area contributed by atoms with E-state index in [9.17, 15) is 4.39 Å². The average molecular weight is 501 g/mol. The van der Waals surface area contributed by atoms with Crippen LogP contribution in [0.1, 0.15) is 47.4 Å². The number of rotatable bonds is 11. The first kappa shape index (κ1) is 26.0. The molecule has 0 bridgehead atoms. The highest BCUT2D eigenvalue weighted by atomic mass is 35.5. The van der Waals surface area contributed by atoms with E-state index < -0.39 is 0 Å². The monoisotopic (exact) mass is 500 g/mol. The number of thiazole rings is 1. The first-order valence-corrected chi connectivity index (χ1v) is 12.5. The summed E-state index contributed by atoms with van der Waals surface area (Å²) in [5.41, 5.74) is 4.22. The lowest BCUT2D eigenvalue weighted by Gasteiger charge is -2.30. The topological polar surface area (TPSA) is 34.6 Å². The molecule has 0 aliphatic carbocycles. The molecule has 4 nitrogen and oxygen atoms in total. The van der Waals surface area contributed by atoms with Crippen LogP contribution in [0.25, 0.3) is 11.3 Å². The van der Waals surface area contributed by atoms with E-state index in [1.807, 2.05) is 38.1 Å². The van der Waals surface area contributed by atoms with Gasteiger partial charge in [-0.3, -0.25) is 0 Å². The highest BCUT2D eigenvalue weighted by molar-refractivity contribution is 7.16. The third kappa shape index (κ3) is 5.90. The predicted molar refractivity (Wildman–Crippen MR) is 139 cm³/mol. The van der Waals surface area contributed by atoms with Crippen molar-refractivity contribution in [2.45, 2.75) is 46.3 Å². The number of ether oxygens (including phenoxy) is 2. The molecule has 0 aliphatic rings. The van der Waals surface area contributed by atoms with Crippen LogP contribution in [0.3, 0.4) is 0 Å². The van der Waals surface area contributed by atoms with Gasteiger partial charge in [-0.15, -0.1) is 17.8 Å². The summed E-state index contributed by atoms with van der Waals surface area (Å²) in [6.07, 6.45) is 7.49.